The van der Waals surface area contributed by atoms with Gasteiger partial charge in [0.1, 0.15) is 0 Å². The van der Waals surface area contributed by atoms with E-state index in [2.05, 4.69) is 22.3 Å². The summed E-state index contributed by atoms with van der Waals surface area (Å²) in [7, 11) is 0. The zero-order valence-electron chi connectivity index (χ0n) is 14.8. The Morgan fingerprint density at radius 3 is 2.36 bits per heavy atom. The summed E-state index contributed by atoms with van der Waals surface area (Å²) in [5, 5.41) is 3.03. The van der Waals surface area contributed by atoms with Crippen molar-refractivity contribution >= 4 is 11.6 Å². The van der Waals surface area contributed by atoms with E-state index in [1.165, 1.54) is 5.56 Å². The van der Waals surface area contributed by atoms with E-state index in [1.807, 2.05) is 12.1 Å². The molecule has 0 saturated carbocycles. The molecule has 1 aromatic rings. The van der Waals surface area contributed by atoms with Crippen LogP contribution in [0.2, 0.25) is 0 Å². The molecule has 0 aromatic heterocycles. The van der Waals surface area contributed by atoms with Crippen LogP contribution in [-0.4, -0.2) is 63.4 Å². The number of rotatable bonds is 6. The predicted molar refractivity (Wildman–Crippen MR) is 97.6 cm³/mol. The molecule has 0 spiro atoms. The average molecular weight is 347 g/mol. The molecule has 6 nitrogen and oxygen atoms in total. The second-order valence-electron chi connectivity index (χ2n) is 6.95. The Bertz CT molecular complexity index is 550. The van der Waals surface area contributed by atoms with E-state index < -0.39 is 5.41 Å². The van der Waals surface area contributed by atoms with Gasteiger partial charge >= 0.3 is 0 Å². The highest BCUT2D eigenvalue weighted by molar-refractivity contribution is 5.95. The van der Waals surface area contributed by atoms with Crippen LogP contribution in [0.3, 0.4) is 0 Å². The molecule has 0 unspecified atom stereocenters. The van der Waals surface area contributed by atoms with Crippen molar-refractivity contribution in [2.24, 2.45) is 11.1 Å². The lowest BCUT2D eigenvalue weighted by atomic mass is 9.79. The number of carbonyl (C=O) groups is 1. The van der Waals surface area contributed by atoms with E-state index in [9.17, 15) is 4.79 Å². The van der Waals surface area contributed by atoms with Gasteiger partial charge in [0.25, 0.3) is 0 Å². The first-order chi connectivity index (χ1) is 12.2. The molecule has 25 heavy (non-hydrogen) atoms. The van der Waals surface area contributed by atoms with Crippen LogP contribution < -0.4 is 11.1 Å². The van der Waals surface area contributed by atoms with Crippen LogP contribution in [0.25, 0.3) is 0 Å². The number of hydrogen-bond acceptors (Lipinski definition) is 5. The molecular formula is C19H29N3O3. The fourth-order valence-electron chi connectivity index (χ4n) is 3.42. The van der Waals surface area contributed by atoms with Gasteiger partial charge in [0.2, 0.25) is 5.91 Å². The quantitative estimate of drug-likeness (QED) is 0.810. The Morgan fingerprint density at radius 2 is 1.72 bits per heavy atom. The fourth-order valence-corrected chi connectivity index (χ4v) is 3.42. The zero-order valence-corrected chi connectivity index (χ0v) is 14.8. The van der Waals surface area contributed by atoms with Gasteiger partial charge in [0.05, 0.1) is 18.6 Å². The van der Waals surface area contributed by atoms with Crippen LogP contribution in [0, 0.1) is 5.41 Å². The Labute approximate surface area is 149 Å². The van der Waals surface area contributed by atoms with Gasteiger partial charge in [0.15, 0.2) is 0 Å². The molecule has 0 atom stereocenters. The lowest BCUT2D eigenvalue weighted by Gasteiger charge is -2.34. The van der Waals surface area contributed by atoms with E-state index in [1.54, 1.807) is 0 Å². The van der Waals surface area contributed by atoms with E-state index in [0.717, 1.165) is 45.0 Å². The summed E-state index contributed by atoms with van der Waals surface area (Å²) in [5.41, 5.74) is 7.52. The van der Waals surface area contributed by atoms with Crippen LogP contribution in [-0.2, 0) is 20.7 Å². The molecule has 2 saturated heterocycles. The number of benzene rings is 1. The predicted octanol–water partition coefficient (Wildman–Crippen LogP) is 1.26. The van der Waals surface area contributed by atoms with Gasteiger partial charge in [-0.15, -0.1) is 0 Å². The first-order valence-electron chi connectivity index (χ1n) is 9.20. The van der Waals surface area contributed by atoms with Gasteiger partial charge in [-0.3, -0.25) is 9.69 Å². The first kappa shape index (κ1) is 18.3. The Morgan fingerprint density at radius 1 is 1.08 bits per heavy atom. The lowest BCUT2D eigenvalue weighted by molar-refractivity contribution is -0.130. The van der Waals surface area contributed by atoms with Crippen molar-refractivity contribution in [3.63, 3.8) is 0 Å². The van der Waals surface area contributed by atoms with E-state index in [0.29, 0.717) is 32.6 Å². The van der Waals surface area contributed by atoms with Crippen molar-refractivity contribution in [1.82, 2.24) is 4.90 Å². The minimum absolute atomic E-state index is 0.0133. The van der Waals surface area contributed by atoms with Crippen molar-refractivity contribution < 1.29 is 14.3 Å². The maximum absolute atomic E-state index is 12.7. The second kappa shape index (κ2) is 8.76. The maximum atomic E-state index is 12.7. The third kappa shape index (κ3) is 4.79. The largest absolute Gasteiger partial charge is 0.381 e. The van der Waals surface area contributed by atoms with Crippen LogP contribution >= 0.6 is 0 Å². The molecule has 2 aliphatic rings. The molecule has 1 aromatic carbocycles. The number of carbonyl (C=O) groups excluding carboxylic acids is 1. The smallest absolute Gasteiger partial charge is 0.232 e. The van der Waals surface area contributed by atoms with Crippen molar-refractivity contribution in [2.75, 3.05) is 57.9 Å². The third-order valence-corrected chi connectivity index (χ3v) is 5.35. The number of nitrogens with one attached hydrogen (secondary N) is 1. The van der Waals surface area contributed by atoms with Crippen molar-refractivity contribution in [3.05, 3.63) is 29.8 Å². The zero-order chi connectivity index (χ0) is 17.5. The molecule has 0 bridgehead atoms. The monoisotopic (exact) mass is 347 g/mol. The van der Waals surface area contributed by atoms with Gasteiger partial charge in [-0.1, -0.05) is 12.1 Å². The summed E-state index contributed by atoms with van der Waals surface area (Å²) in [4.78, 5) is 15.1. The number of anilines is 1. The molecular weight excluding hydrogens is 318 g/mol. The summed E-state index contributed by atoms with van der Waals surface area (Å²) in [6.45, 7) is 6.30. The molecule has 3 rings (SSSR count). The summed E-state index contributed by atoms with van der Waals surface area (Å²) < 4.78 is 10.7. The molecule has 2 heterocycles. The molecule has 2 fully saturated rings. The highest BCUT2D eigenvalue weighted by Gasteiger charge is 2.38. The maximum Gasteiger partial charge on any atom is 0.232 e. The minimum atomic E-state index is -0.493. The Kier molecular flexibility index (Phi) is 6.42. The first-order valence-corrected chi connectivity index (χ1v) is 9.20. The molecule has 2 aliphatic heterocycles. The van der Waals surface area contributed by atoms with E-state index >= 15 is 0 Å². The van der Waals surface area contributed by atoms with Crippen LogP contribution in [0.5, 0.6) is 0 Å². The van der Waals surface area contributed by atoms with E-state index in [-0.39, 0.29) is 5.91 Å². The van der Waals surface area contributed by atoms with Crippen LogP contribution in [0.4, 0.5) is 5.69 Å². The molecule has 3 N–H and O–H groups in total. The summed E-state index contributed by atoms with van der Waals surface area (Å²) in [6, 6.07) is 8.15. The van der Waals surface area contributed by atoms with Crippen molar-refractivity contribution in [3.8, 4) is 0 Å². The minimum Gasteiger partial charge on any atom is -0.381 e. The van der Waals surface area contributed by atoms with Gasteiger partial charge in [-0.05, 0) is 37.0 Å². The average Bonchev–Trinajstić information content (AvgIpc) is 2.68. The molecule has 1 amide bonds. The van der Waals surface area contributed by atoms with Gasteiger partial charge < -0.3 is 20.5 Å². The normalized spacial score (nSPS) is 21.0. The highest BCUT2D eigenvalue weighted by Crippen LogP contribution is 2.30. The Hall–Kier alpha value is -1.47. The Balaban J connectivity index is 1.52. The van der Waals surface area contributed by atoms with Gasteiger partial charge in [-0.2, -0.15) is 0 Å². The molecule has 0 aliphatic carbocycles. The molecule has 6 heteroatoms. The lowest BCUT2D eigenvalue weighted by Crippen LogP contribution is -2.46. The number of nitrogens with zero attached hydrogens (tertiary/aromatic N) is 1. The topological polar surface area (TPSA) is 76.8 Å². The van der Waals surface area contributed by atoms with Crippen molar-refractivity contribution in [2.45, 2.75) is 19.3 Å². The molecule has 138 valence electrons. The van der Waals surface area contributed by atoms with E-state index in [4.69, 9.17) is 15.2 Å². The van der Waals surface area contributed by atoms with Crippen LogP contribution in [0.15, 0.2) is 24.3 Å². The number of amides is 1. The standard InChI is InChI=1S/C19H29N3O3/c20-15-19(6-11-24-12-7-19)18(23)21-17-3-1-16(2-4-17)5-8-22-9-13-25-14-10-22/h1-4H,5-15,20H2,(H,21,23). The fraction of sp³-hybridized carbons (Fsp3) is 0.632. The number of nitrogens with two attached hydrogens (primary N) is 1. The van der Waals surface area contributed by atoms with Gasteiger partial charge in [-0.25, -0.2) is 0 Å². The second-order valence-corrected chi connectivity index (χ2v) is 6.95. The van der Waals surface area contributed by atoms with Crippen LogP contribution in [0.1, 0.15) is 18.4 Å². The summed E-state index contributed by atoms with van der Waals surface area (Å²) in [5.74, 6) is 0.0133. The molecule has 0 radical (unpaired) electrons. The number of hydrogen-bond donors (Lipinski definition) is 2. The summed E-state index contributed by atoms with van der Waals surface area (Å²) >= 11 is 0. The SMILES string of the molecule is NCC1(C(=O)Nc2ccc(CCN3CCOCC3)cc2)CCOCC1. The number of ether oxygens (including phenoxy) is 2. The third-order valence-electron chi connectivity index (χ3n) is 5.35. The summed E-state index contributed by atoms with van der Waals surface area (Å²) in [6.07, 6.45) is 2.39. The van der Waals surface area contributed by atoms with Crippen molar-refractivity contribution in [1.29, 1.82) is 0 Å². The highest BCUT2D eigenvalue weighted by atomic mass is 16.5. The van der Waals surface area contributed by atoms with Gasteiger partial charge in [0, 0.05) is 45.1 Å². The number of morpholine rings is 1.